The number of furan rings is 1. The van der Waals surface area contributed by atoms with E-state index in [1.165, 1.54) is 6.07 Å². The molecule has 0 bridgehead atoms. The van der Waals surface area contributed by atoms with Gasteiger partial charge in [0.05, 0.1) is 24.2 Å². The maximum absolute atomic E-state index is 11.2. The lowest BCUT2D eigenvalue weighted by Crippen LogP contribution is -2.41. The van der Waals surface area contributed by atoms with Crippen molar-refractivity contribution in [3.63, 3.8) is 0 Å². The maximum Gasteiger partial charge on any atom is 0.292 e. The van der Waals surface area contributed by atoms with Crippen molar-refractivity contribution in [1.82, 2.24) is 4.90 Å². The highest BCUT2D eigenvalue weighted by Crippen LogP contribution is 2.27. The molecular weight excluding hydrogens is 310 g/mol. The van der Waals surface area contributed by atoms with E-state index in [-0.39, 0.29) is 16.7 Å². The summed E-state index contributed by atoms with van der Waals surface area (Å²) in [5.74, 6) is 1.72. The Kier molecular flexibility index (Phi) is 5.12. The van der Waals surface area contributed by atoms with Gasteiger partial charge in [-0.2, -0.15) is 0 Å². The average molecular weight is 331 g/mol. The monoisotopic (exact) mass is 331 g/mol. The number of nitro benzene ring substituents is 1. The molecule has 128 valence electrons. The van der Waals surface area contributed by atoms with Gasteiger partial charge in [0.1, 0.15) is 17.2 Å². The van der Waals surface area contributed by atoms with E-state index in [9.17, 15) is 10.1 Å². The first-order valence-electron chi connectivity index (χ1n) is 8.00. The van der Waals surface area contributed by atoms with Gasteiger partial charge in [-0.05, 0) is 25.1 Å². The van der Waals surface area contributed by atoms with Gasteiger partial charge >= 0.3 is 0 Å². The van der Waals surface area contributed by atoms with Crippen molar-refractivity contribution in [2.45, 2.75) is 13.0 Å². The first-order chi connectivity index (χ1) is 11.6. The van der Waals surface area contributed by atoms with E-state index in [2.05, 4.69) is 10.2 Å². The van der Waals surface area contributed by atoms with Crippen LogP contribution in [0.2, 0.25) is 0 Å². The molecule has 1 aliphatic rings. The number of hydrogen-bond acceptors (Lipinski definition) is 6. The van der Waals surface area contributed by atoms with E-state index in [1.807, 2.05) is 19.1 Å². The van der Waals surface area contributed by atoms with Crippen LogP contribution in [0.4, 0.5) is 11.4 Å². The Labute approximate surface area is 140 Å². The van der Waals surface area contributed by atoms with Crippen LogP contribution in [0.5, 0.6) is 0 Å². The summed E-state index contributed by atoms with van der Waals surface area (Å²) in [6, 6.07) is 10.6. The quantitative estimate of drug-likeness (QED) is 0.647. The summed E-state index contributed by atoms with van der Waals surface area (Å²) in [4.78, 5) is 13.1. The lowest BCUT2D eigenvalue weighted by Gasteiger charge is -2.33. The molecular formula is C17H21N3O4. The molecule has 0 spiro atoms. The van der Waals surface area contributed by atoms with Crippen LogP contribution in [0.15, 0.2) is 40.8 Å². The van der Waals surface area contributed by atoms with Crippen LogP contribution in [0.3, 0.4) is 0 Å². The fourth-order valence-corrected chi connectivity index (χ4v) is 2.92. The average Bonchev–Trinajstić information content (AvgIpc) is 3.02. The van der Waals surface area contributed by atoms with Crippen LogP contribution in [-0.4, -0.2) is 42.7 Å². The zero-order valence-corrected chi connectivity index (χ0v) is 13.6. The van der Waals surface area contributed by atoms with Gasteiger partial charge in [-0.1, -0.05) is 12.1 Å². The van der Waals surface area contributed by atoms with Crippen LogP contribution < -0.4 is 5.32 Å². The molecule has 7 nitrogen and oxygen atoms in total. The molecule has 24 heavy (non-hydrogen) atoms. The van der Waals surface area contributed by atoms with Gasteiger partial charge in [0.2, 0.25) is 0 Å². The number of ether oxygens (including phenoxy) is 1. The smallest absolute Gasteiger partial charge is 0.292 e. The van der Waals surface area contributed by atoms with Gasteiger partial charge in [0.15, 0.2) is 0 Å². The predicted octanol–water partition coefficient (Wildman–Crippen LogP) is 2.98. The highest BCUT2D eigenvalue weighted by Gasteiger charge is 2.26. The SMILES string of the molecule is Cc1ccc(C(CNc2ccccc2[N+](=O)[O-])N2CCOCC2)o1. The predicted molar refractivity (Wildman–Crippen MR) is 90.2 cm³/mol. The molecule has 0 aliphatic carbocycles. The molecule has 0 radical (unpaired) electrons. The Balaban J connectivity index is 1.78. The highest BCUT2D eigenvalue weighted by atomic mass is 16.6. The van der Waals surface area contributed by atoms with Gasteiger partial charge in [-0.15, -0.1) is 0 Å². The fraction of sp³-hybridized carbons (Fsp3) is 0.412. The largest absolute Gasteiger partial charge is 0.465 e. The summed E-state index contributed by atoms with van der Waals surface area (Å²) in [6.45, 7) is 5.42. The fourth-order valence-electron chi connectivity index (χ4n) is 2.92. The molecule has 1 atom stereocenters. The summed E-state index contributed by atoms with van der Waals surface area (Å²) in [6.07, 6.45) is 0. The number of morpholine rings is 1. The second-order valence-electron chi connectivity index (χ2n) is 5.77. The van der Waals surface area contributed by atoms with E-state index >= 15 is 0 Å². The molecule has 0 saturated carbocycles. The normalized spacial score (nSPS) is 16.7. The third-order valence-corrected chi connectivity index (χ3v) is 4.16. The summed E-state index contributed by atoms with van der Waals surface area (Å²) in [5, 5.41) is 14.4. The number of rotatable bonds is 6. The first kappa shape index (κ1) is 16.5. The molecule has 1 aliphatic heterocycles. The number of para-hydroxylation sites is 2. The second kappa shape index (κ2) is 7.46. The highest BCUT2D eigenvalue weighted by molar-refractivity contribution is 5.61. The van der Waals surface area contributed by atoms with Crippen molar-refractivity contribution in [2.24, 2.45) is 0 Å². The number of hydrogen-bond donors (Lipinski definition) is 1. The Morgan fingerprint density at radius 3 is 2.67 bits per heavy atom. The molecule has 1 aromatic heterocycles. The van der Waals surface area contributed by atoms with Crippen molar-refractivity contribution in [3.05, 3.63) is 58.0 Å². The summed E-state index contributed by atoms with van der Waals surface area (Å²) >= 11 is 0. The number of nitrogens with one attached hydrogen (secondary N) is 1. The summed E-state index contributed by atoms with van der Waals surface area (Å²) < 4.78 is 11.2. The molecule has 1 unspecified atom stereocenters. The number of aryl methyl sites for hydroxylation is 1. The molecule has 1 fully saturated rings. The first-order valence-corrected chi connectivity index (χ1v) is 8.00. The van der Waals surface area contributed by atoms with Crippen LogP contribution in [0.1, 0.15) is 17.6 Å². The molecule has 1 aromatic carbocycles. The third-order valence-electron chi connectivity index (χ3n) is 4.16. The van der Waals surface area contributed by atoms with E-state index < -0.39 is 0 Å². The van der Waals surface area contributed by atoms with Crippen LogP contribution in [-0.2, 0) is 4.74 Å². The number of nitrogens with zero attached hydrogens (tertiary/aromatic N) is 2. The number of nitro groups is 1. The Morgan fingerprint density at radius 2 is 2.00 bits per heavy atom. The van der Waals surface area contributed by atoms with Crippen molar-refractivity contribution < 1.29 is 14.1 Å². The van der Waals surface area contributed by atoms with Crippen molar-refractivity contribution in [3.8, 4) is 0 Å². The van der Waals surface area contributed by atoms with E-state index in [0.29, 0.717) is 25.4 Å². The molecule has 0 amide bonds. The summed E-state index contributed by atoms with van der Waals surface area (Å²) in [7, 11) is 0. The molecule has 2 heterocycles. The Hall–Kier alpha value is -2.38. The van der Waals surface area contributed by atoms with Gasteiger partial charge in [0, 0.05) is 25.7 Å². The lowest BCUT2D eigenvalue weighted by atomic mass is 10.1. The number of benzene rings is 1. The zero-order valence-electron chi connectivity index (χ0n) is 13.6. The third kappa shape index (κ3) is 3.74. The number of anilines is 1. The van der Waals surface area contributed by atoms with Gasteiger partial charge in [0.25, 0.3) is 5.69 Å². The minimum Gasteiger partial charge on any atom is -0.465 e. The van der Waals surface area contributed by atoms with Crippen molar-refractivity contribution >= 4 is 11.4 Å². The molecule has 2 aromatic rings. The molecule has 1 saturated heterocycles. The van der Waals surface area contributed by atoms with Gasteiger partial charge in [-0.3, -0.25) is 15.0 Å². The minimum atomic E-state index is -0.372. The van der Waals surface area contributed by atoms with Gasteiger partial charge in [-0.25, -0.2) is 0 Å². The van der Waals surface area contributed by atoms with Crippen LogP contribution in [0.25, 0.3) is 0 Å². The Morgan fingerprint density at radius 1 is 1.25 bits per heavy atom. The molecule has 3 rings (SSSR count). The second-order valence-corrected chi connectivity index (χ2v) is 5.77. The van der Waals surface area contributed by atoms with Crippen LogP contribution >= 0.6 is 0 Å². The zero-order chi connectivity index (χ0) is 16.9. The van der Waals surface area contributed by atoms with E-state index in [4.69, 9.17) is 9.15 Å². The lowest BCUT2D eigenvalue weighted by molar-refractivity contribution is -0.384. The maximum atomic E-state index is 11.2. The van der Waals surface area contributed by atoms with Gasteiger partial charge < -0.3 is 14.5 Å². The molecule has 1 N–H and O–H groups in total. The molecule has 7 heteroatoms. The van der Waals surface area contributed by atoms with E-state index in [1.54, 1.807) is 18.2 Å². The van der Waals surface area contributed by atoms with Crippen molar-refractivity contribution in [2.75, 3.05) is 38.2 Å². The topological polar surface area (TPSA) is 80.8 Å². The Bertz CT molecular complexity index is 695. The van der Waals surface area contributed by atoms with Crippen molar-refractivity contribution in [1.29, 1.82) is 0 Å². The standard InChI is InChI=1S/C17H21N3O4/c1-13-6-7-17(24-13)16(19-8-10-23-11-9-19)12-18-14-4-2-3-5-15(14)20(21)22/h2-7,16,18H,8-12H2,1H3. The minimum absolute atomic E-state index is 0.00223. The van der Waals surface area contributed by atoms with E-state index in [0.717, 1.165) is 24.6 Å². The summed E-state index contributed by atoms with van der Waals surface area (Å²) in [5.41, 5.74) is 0.595. The van der Waals surface area contributed by atoms with Crippen LogP contribution in [0, 0.1) is 17.0 Å².